The average Bonchev–Trinajstić information content (AvgIpc) is 2.02. The molecule has 0 aliphatic carbocycles. The van der Waals surface area contributed by atoms with Crippen LogP contribution in [0, 0.1) is 3.57 Å². The molecular formula is C9H10INO2. The number of benzene rings is 1. The number of rotatable bonds is 2. The molecule has 0 spiro atoms. The lowest BCUT2D eigenvalue weighted by Gasteiger charge is -2.09. The summed E-state index contributed by atoms with van der Waals surface area (Å²) in [5.74, 6) is 0.426. The van der Waals surface area contributed by atoms with Gasteiger partial charge in [0, 0.05) is 3.57 Å². The van der Waals surface area contributed by atoms with Crippen molar-refractivity contribution < 1.29 is 9.53 Å². The summed E-state index contributed by atoms with van der Waals surface area (Å²) in [5, 5.41) is 0. The van der Waals surface area contributed by atoms with E-state index in [0.717, 1.165) is 3.57 Å². The zero-order valence-electron chi connectivity index (χ0n) is 7.43. The van der Waals surface area contributed by atoms with Gasteiger partial charge in [0.05, 0.1) is 18.4 Å². The standard InChI is InChI=1S/C9H10INO2/c1-5(12)7-3-6(10)4-8(11)9(7)13-2/h3-4H,11H2,1-2H3. The van der Waals surface area contributed by atoms with E-state index < -0.39 is 0 Å². The average molecular weight is 291 g/mol. The van der Waals surface area contributed by atoms with Crippen LogP contribution in [-0.2, 0) is 0 Å². The fraction of sp³-hybridized carbons (Fsp3) is 0.222. The van der Waals surface area contributed by atoms with Crippen LogP contribution in [0.3, 0.4) is 0 Å². The molecule has 4 heteroatoms. The zero-order chi connectivity index (χ0) is 10.0. The van der Waals surface area contributed by atoms with Crippen molar-refractivity contribution in [1.82, 2.24) is 0 Å². The summed E-state index contributed by atoms with van der Waals surface area (Å²) in [5.41, 5.74) is 6.72. The van der Waals surface area contributed by atoms with Gasteiger partial charge in [-0.3, -0.25) is 4.79 Å². The van der Waals surface area contributed by atoms with Crippen LogP contribution in [0.2, 0.25) is 0 Å². The van der Waals surface area contributed by atoms with Crippen LogP contribution in [0.5, 0.6) is 5.75 Å². The normalized spacial score (nSPS) is 9.77. The number of carbonyl (C=O) groups is 1. The van der Waals surface area contributed by atoms with E-state index in [2.05, 4.69) is 22.6 Å². The van der Waals surface area contributed by atoms with Gasteiger partial charge in [-0.15, -0.1) is 0 Å². The molecule has 0 aliphatic heterocycles. The Kier molecular flexibility index (Phi) is 3.13. The highest BCUT2D eigenvalue weighted by atomic mass is 127. The van der Waals surface area contributed by atoms with E-state index >= 15 is 0 Å². The van der Waals surface area contributed by atoms with Gasteiger partial charge >= 0.3 is 0 Å². The lowest BCUT2D eigenvalue weighted by atomic mass is 10.1. The topological polar surface area (TPSA) is 52.3 Å². The number of methoxy groups -OCH3 is 1. The highest BCUT2D eigenvalue weighted by Gasteiger charge is 2.11. The molecule has 1 aromatic rings. The second-order valence-electron chi connectivity index (χ2n) is 2.63. The van der Waals surface area contributed by atoms with Crippen LogP contribution < -0.4 is 10.5 Å². The van der Waals surface area contributed by atoms with Crippen molar-refractivity contribution in [3.63, 3.8) is 0 Å². The predicted molar refractivity (Wildman–Crippen MR) is 60.1 cm³/mol. The van der Waals surface area contributed by atoms with Crippen LogP contribution in [-0.4, -0.2) is 12.9 Å². The first-order valence-corrected chi connectivity index (χ1v) is 4.78. The molecule has 0 amide bonds. The minimum absolute atomic E-state index is 0.0398. The minimum Gasteiger partial charge on any atom is -0.494 e. The highest BCUT2D eigenvalue weighted by Crippen LogP contribution is 2.28. The maximum atomic E-state index is 11.2. The summed E-state index contributed by atoms with van der Waals surface area (Å²) in [6.07, 6.45) is 0. The first-order chi connectivity index (χ1) is 6.06. The van der Waals surface area contributed by atoms with Gasteiger partial charge in [-0.25, -0.2) is 0 Å². The Bertz CT molecular complexity index is 350. The molecule has 1 rings (SSSR count). The number of hydrogen-bond acceptors (Lipinski definition) is 3. The molecule has 2 N–H and O–H groups in total. The third-order valence-electron chi connectivity index (χ3n) is 1.67. The van der Waals surface area contributed by atoms with Crippen molar-refractivity contribution >= 4 is 34.1 Å². The van der Waals surface area contributed by atoms with E-state index in [0.29, 0.717) is 17.0 Å². The van der Waals surface area contributed by atoms with Gasteiger partial charge in [-0.05, 0) is 41.6 Å². The molecule has 0 aromatic heterocycles. The van der Waals surface area contributed by atoms with Gasteiger partial charge < -0.3 is 10.5 Å². The SMILES string of the molecule is COc1c(N)cc(I)cc1C(C)=O. The first-order valence-electron chi connectivity index (χ1n) is 3.70. The lowest BCUT2D eigenvalue weighted by molar-refractivity contribution is 0.101. The second-order valence-corrected chi connectivity index (χ2v) is 3.88. The smallest absolute Gasteiger partial charge is 0.163 e. The van der Waals surface area contributed by atoms with E-state index in [1.54, 1.807) is 12.1 Å². The summed E-state index contributed by atoms with van der Waals surface area (Å²) < 4.78 is 5.97. The molecule has 0 atom stereocenters. The Morgan fingerprint density at radius 2 is 2.15 bits per heavy atom. The molecule has 0 radical (unpaired) electrons. The Morgan fingerprint density at radius 3 is 2.62 bits per heavy atom. The number of ketones is 1. The fourth-order valence-corrected chi connectivity index (χ4v) is 1.75. The van der Waals surface area contributed by atoms with E-state index in [1.807, 2.05) is 0 Å². The van der Waals surface area contributed by atoms with Gasteiger partial charge in [-0.1, -0.05) is 0 Å². The Balaban J connectivity index is 3.38. The van der Waals surface area contributed by atoms with Gasteiger partial charge in [0.15, 0.2) is 11.5 Å². The van der Waals surface area contributed by atoms with E-state index in [-0.39, 0.29) is 5.78 Å². The molecule has 0 saturated heterocycles. The van der Waals surface area contributed by atoms with Crippen LogP contribution in [0.25, 0.3) is 0 Å². The largest absolute Gasteiger partial charge is 0.494 e. The monoisotopic (exact) mass is 291 g/mol. The van der Waals surface area contributed by atoms with Gasteiger partial charge in [0.25, 0.3) is 0 Å². The van der Waals surface area contributed by atoms with Gasteiger partial charge in [0.2, 0.25) is 0 Å². The third-order valence-corrected chi connectivity index (χ3v) is 2.29. The van der Waals surface area contributed by atoms with Crippen LogP contribution in [0.1, 0.15) is 17.3 Å². The molecule has 0 fully saturated rings. The molecule has 1 aromatic carbocycles. The molecule has 13 heavy (non-hydrogen) atoms. The second kappa shape index (κ2) is 3.95. The van der Waals surface area contributed by atoms with Crippen molar-refractivity contribution in [1.29, 1.82) is 0 Å². The number of Topliss-reactive ketones (excluding diaryl/α,β-unsaturated/α-hetero) is 1. The van der Waals surface area contributed by atoms with Crippen molar-refractivity contribution in [2.45, 2.75) is 6.92 Å². The molecular weight excluding hydrogens is 281 g/mol. The Hall–Kier alpha value is -0.780. The predicted octanol–water partition coefficient (Wildman–Crippen LogP) is 2.08. The van der Waals surface area contributed by atoms with Gasteiger partial charge in [-0.2, -0.15) is 0 Å². The summed E-state index contributed by atoms with van der Waals surface area (Å²) in [4.78, 5) is 11.2. The fourth-order valence-electron chi connectivity index (χ4n) is 1.10. The summed E-state index contributed by atoms with van der Waals surface area (Å²) in [6, 6.07) is 3.53. The summed E-state index contributed by atoms with van der Waals surface area (Å²) in [6.45, 7) is 1.49. The number of nitrogen functional groups attached to an aromatic ring is 1. The van der Waals surface area contributed by atoms with Crippen molar-refractivity contribution in [3.8, 4) is 5.75 Å². The number of carbonyl (C=O) groups excluding carboxylic acids is 1. The lowest BCUT2D eigenvalue weighted by Crippen LogP contribution is -2.02. The van der Waals surface area contributed by atoms with Gasteiger partial charge in [0.1, 0.15) is 0 Å². The summed E-state index contributed by atoms with van der Waals surface area (Å²) >= 11 is 2.11. The maximum absolute atomic E-state index is 11.2. The summed E-state index contributed by atoms with van der Waals surface area (Å²) in [7, 11) is 1.50. The number of hydrogen-bond donors (Lipinski definition) is 1. The van der Waals surface area contributed by atoms with E-state index in [9.17, 15) is 4.79 Å². The number of halogens is 1. The zero-order valence-corrected chi connectivity index (χ0v) is 9.58. The molecule has 3 nitrogen and oxygen atoms in total. The highest BCUT2D eigenvalue weighted by molar-refractivity contribution is 14.1. The Morgan fingerprint density at radius 1 is 1.54 bits per heavy atom. The maximum Gasteiger partial charge on any atom is 0.163 e. The number of anilines is 1. The quantitative estimate of drug-likeness (QED) is 0.515. The van der Waals surface area contributed by atoms with Crippen LogP contribution in [0.15, 0.2) is 12.1 Å². The van der Waals surface area contributed by atoms with Crippen LogP contribution in [0.4, 0.5) is 5.69 Å². The van der Waals surface area contributed by atoms with Crippen molar-refractivity contribution in [2.75, 3.05) is 12.8 Å². The molecule has 0 bridgehead atoms. The minimum atomic E-state index is -0.0398. The van der Waals surface area contributed by atoms with Crippen molar-refractivity contribution in [2.24, 2.45) is 0 Å². The van der Waals surface area contributed by atoms with Crippen molar-refractivity contribution in [3.05, 3.63) is 21.3 Å². The number of ether oxygens (including phenoxy) is 1. The van der Waals surface area contributed by atoms with Crippen LogP contribution >= 0.6 is 22.6 Å². The molecule has 0 heterocycles. The molecule has 70 valence electrons. The number of nitrogens with two attached hydrogens (primary N) is 1. The molecule has 0 aliphatic rings. The molecule has 0 saturated carbocycles. The van der Waals surface area contributed by atoms with E-state index in [1.165, 1.54) is 14.0 Å². The Labute approximate surface area is 90.4 Å². The first kappa shape index (κ1) is 10.3. The third kappa shape index (κ3) is 2.12. The van der Waals surface area contributed by atoms with E-state index in [4.69, 9.17) is 10.5 Å². The molecule has 0 unspecified atom stereocenters.